The minimum absolute atomic E-state index is 0.0627. The van der Waals surface area contributed by atoms with Crippen LogP contribution in [0.5, 0.6) is 0 Å². The molecule has 5 heteroatoms. The Balaban J connectivity index is 1.74. The molecule has 0 spiro atoms. The van der Waals surface area contributed by atoms with Crippen LogP contribution in [0.3, 0.4) is 0 Å². The molecule has 0 saturated carbocycles. The minimum atomic E-state index is -0.139. The third kappa shape index (κ3) is 5.03. The molecule has 2 N–H and O–H groups in total. The second-order valence-electron chi connectivity index (χ2n) is 6.72. The number of halogens is 1. The number of amides is 1. The first-order chi connectivity index (χ1) is 12.1. The molecular formula is C20H24ClN3O. The molecule has 25 heavy (non-hydrogen) atoms. The van der Waals surface area contributed by atoms with Crippen LogP contribution >= 0.6 is 11.6 Å². The van der Waals surface area contributed by atoms with Gasteiger partial charge in [-0.15, -0.1) is 0 Å². The molecule has 0 bridgehead atoms. The normalized spacial score (nSPS) is 21.5. The van der Waals surface area contributed by atoms with Gasteiger partial charge in [-0.25, -0.2) is 0 Å². The molecule has 1 aromatic carbocycles. The Morgan fingerprint density at radius 2 is 2.12 bits per heavy atom. The summed E-state index contributed by atoms with van der Waals surface area (Å²) < 4.78 is 0. The fraction of sp³-hybridized carbons (Fsp3) is 0.400. The molecule has 2 heterocycles. The van der Waals surface area contributed by atoms with Gasteiger partial charge in [0.25, 0.3) is 0 Å². The molecule has 1 fully saturated rings. The topological polar surface area (TPSA) is 54.0 Å². The number of nitrogens with zero attached hydrogens (tertiary/aromatic N) is 1. The zero-order valence-corrected chi connectivity index (χ0v) is 15.2. The average molecular weight is 358 g/mol. The summed E-state index contributed by atoms with van der Waals surface area (Å²) >= 11 is 5.98. The largest absolute Gasteiger partial charge is 0.347 e. The Kier molecular flexibility index (Phi) is 6.05. The van der Waals surface area contributed by atoms with Crippen molar-refractivity contribution in [2.24, 2.45) is 5.92 Å². The van der Waals surface area contributed by atoms with Gasteiger partial charge >= 0.3 is 0 Å². The molecule has 2 aromatic rings. The van der Waals surface area contributed by atoms with Gasteiger partial charge in [0, 0.05) is 23.2 Å². The third-order valence-electron chi connectivity index (χ3n) is 4.71. The maximum Gasteiger partial charge on any atom is 0.223 e. The zero-order valence-electron chi connectivity index (χ0n) is 14.4. The summed E-state index contributed by atoms with van der Waals surface area (Å²) in [5.41, 5.74) is 2.01. The van der Waals surface area contributed by atoms with Crippen molar-refractivity contribution >= 4 is 17.5 Å². The van der Waals surface area contributed by atoms with Gasteiger partial charge in [0.05, 0.1) is 11.7 Å². The Hall–Kier alpha value is -1.91. The maximum absolute atomic E-state index is 12.8. The molecule has 4 nitrogen and oxygen atoms in total. The predicted octanol–water partition coefficient (Wildman–Crippen LogP) is 3.52. The first-order valence-electron chi connectivity index (χ1n) is 8.81. The van der Waals surface area contributed by atoms with Crippen molar-refractivity contribution in [2.45, 2.75) is 38.3 Å². The summed E-state index contributed by atoms with van der Waals surface area (Å²) in [6.45, 7) is 3.02. The van der Waals surface area contributed by atoms with Crippen LogP contribution in [-0.4, -0.2) is 23.5 Å². The average Bonchev–Trinajstić information content (AvgIpc) is 2.63. The van der Waals surface area contributed by atoms with Crippen molar-refractivity contribution in [2.75, 3.05) is 6.54 Å². The van der Waals surface area contributed by atoms with Gasteiger partial charge in [0.2, 0.25) is 5.91 Å². The molecule has 3 rings (SSSR count). The molecule has 1 aliphatic heterocycles. The molecule has 1 unspecified atom stereocenters. The molecule has 132 valence electrons. The van der Waals surface area contributed by atoms with Crippen molar-refractivity contribution in [3.05, 3.63) is 64.9 Å². The lowest BCUT2D eigenvalue weighted by Crippen LogP contribution is -2.43. The molecule has 1 saturated heterocycles. The van der Waals surface area contributed by atoms with Crippen LogP contribution in [0.1, 0.15) is 37.1 Å². The quantitative estimate of drug-likeness (QED) is 0.860. The van der Waals surface area contributed by atoms with Crippen molar-refractivity contribution < 1.29 is 4.79 Å². The first kappa shape index (κ1) is 17.9. The maximum atomic E-state index is 12.8. The number of hydrogen-bond acceptors (Lipinski definition) is 3. The summed E-state index contributed by atoms with van der Waals surface area (Å²) in [5.74, 6) is 0.186. The van der Waals surface area contributed by atoms with Gasteiger partial charge in [-0.05, 0) is 62.6 Å². The van der Waals surface area contributed by atoms with Crippen LogP contribution in [0.2, 0.25) is 5.02 Å². The van der Waals surface area contributed by atoms with E-state index < -0.39 is 0 Å². The number of pyridine rings is 1. The van der Waals surface area contributed by atoms with E-state index in [9.17, 15) is 4.79 Å². The Morgan fingerprint density at radius 1 is 1.32 bits per heavy atom. The van der Waals surface area contributed by atoms with E-state index in [1.54, 1.807) is 6.20 Å². The van der Waals surface area contributed by atoms with E-state index in [4.69, 9.17) is 11.6 Å². The molecular weight excluding hydrogens is 334 g/mol. The van der Waals surface area contributed by atoms with Gasteiger partial charge in [-0.3, -0.25) is 9.78 Å². The highest BCUT2D eigenvalue weighted by atomic mass is 35.5. The van der Waals surface area contributed by atoms with E-state index in [0.717, 1.165) is 30.6 Å². The zero-order chi connectivity index (χ0) is 17.6. The third-order valence-corrected chi connectivity index (χ3v) is 4.96. The monoisotopic (exact) mass is 357 g/mol. The summed E-state index contributed by atoms with van der Waals surface area (Å²) in [6, 6.07) is 13.8. The molecule has 1 aliphatic rings. The van der Waals surface area contributed by atoms with Crippen molar-refractivity contribution in [1.29, 1.82) is 0 Å². The van der Waals surface area contributed by atoms with Crippen molar-refractivity contribution in [3.8, 4) is 0 Å². The number of nitrogens with one attached hydrogen (secondary N) is 2. The highest BCUT2D eigenvalue weighted by molar-refractivity contribution is 6.30. The number of piperidine rings is 1. The number of carbonyl (C=O) groups excluding carboxylic acids is 1. The standard InChI is InChI=1S/C20H24ClN3O/c1-14-12-16(9-11-22-14)20(25)24-19(18-4-2-3-10-23-18)13-15-5-7-17(21)8-6-15/h2-8,10,14,16,19,22H,9,11-13H2,1H3,(H,24,25)/t14-,16-,19?/m0/s1. The number of benzene rings is 1. The Bertz CT molecular complexity index is 690. The SMILES string of the molecule is C[C@H]1C[C@@H](C(=O)NC(Cc2ccc(Cl)cc2)c2ccccn2)CCN1. The van der Waals surface area contributed by atoms with Gasteiger partial charge in [-0.2, -0.15) is 0 Å². The van der Waals surface area contributed by atoms with Gasteiger partial charge in [-0.1, -0.05) is 29.8 Å². The summed E-state index contributed by atoms with van der Waals surface area (Å²) in [5, 5.41) is 7.33. The number of aromatic nitrogens is 1. The van der Waals surface area contributed by atoms with Crippen LogP contribution in [-0.2, 0) is 11.2 Å². The van der Waals surface area contributed by atoms with Crippen molar-refractivity contribution in [3.63, 3.8) is 0 Å². The predicted molar refractivity (Wildman–Crippen MR) is 100 cm³/mol. The molecule has 0 radical (unpaired) electrons. The van der Waals surface area contributed by atoms with Crippen LogP contribution in [0.15, 0.2) is 48.7 Å². The molecule has 0 aliphatic carbocycles. The molecule has 1 aromatic heterocycles. The second-order valence-corrected chi connectivity index (χ2v) is 7.16. The van der Waals surface area contributed by atoms with Crippen LogP contribution in [0.4, 0.5) is 0 Å². The molecule has 3 atom stereocenters. The summed E-state index contributed by atoms with van der Waals surface area (Å²) in [6.07, 6.45) is 4.22. The molecule has 1 amide bonds. The first-order valence-corrected chi connectivity index (χ1v) is 9.19. The lowest BCUT2D eigenvalue weighted by atomic mass is 9.91. The lowest BCUT2D eigenvalue weighted by molar-refractivity contribution is -0.126. The Labute approximate surface area is 154 Å². The van der Waals surface area contributed by atoms with E-state index in [1.807, 2.05) is 42.5 Å². The van der Waals surface area contributed by atoms with Crippen LogP contribution in [0, 0.1) is 5.92 Å². The van der Waals surface area contributed by atoms with Gasteiger partial charge in [0.15, 0.2) is 0 Å². The fourth-order valence-corrected chi connectivity index (χ4v) is 3.45. The number of carbonyl (C=O) groups is 1. The van der Waals surface area contributed by atoms with Crippen LogP contribution < -0.4 is 10.6 Å². The fourth-order valence-electron chi connectivity index (χ4n) is 3.33. The minimum Gasteiger partial charge on any atom is -0.347 e. The summed E-state index contributed by atoms with van der Waals surface area (Å²) in [4.78, 5) is 17.2. The van der Waals surface area contributed by atoms with E-state index in [1.165, 1.54) is 0 Å². The smallest absolute Gasteiger partial charge is 0.223 e. The van der Waals surface area contributed by atoms with E-state index in [2.05, 4.69) is 22.5 Å². The van der Waals surface area contributed by atoms with E-state index in [0.29, 0.717) is 17.5 Å². The highest BCUT2D eigenvalue weighted by Crippen LogP contribution is 2.21. The van der Waals surface area contributed by atoms with Crippen LogP contribution in [0.25, 0.3) is 0 Å². The highest BCUT2D eigenvalue weighted by Gasteiger charge is 2.27. The summed E-state index contributed by atoms with van der Waals surface area (Å²) in [7, 11) is 0. The van der Waals surface area contributed by atoms with Gasteiger partial charge in [0.1, 0.15) is 0 Å². The number of rotatable bonds is 5. The van der Waals surface area contributed by atoms with Crippen molar-refractivity contribution in [1.82, 2.24) is 15.6 Å². The Morgan fingerprint density at radius 3 is 2.80 bits per heavy atom. The van der Waals surface area contributed by atoms with Gasteiger partial charge < -0.3 is 10.6 Å². The van der Waals surface area contributed by atoms with E-state index >= 15 is 0 Å². The number of hydrogen-bond donors (Lipinski definition) is 2. The van der Waals surface area contributed by atoms with E-state index in [-0.39, 0.29) is 17.9 Å². The lowest BCUT2D eigenvalue weighted by Gasteiger charge is -2.29. The second kappa shape index (κ2) is 8.45.